The van der Waals surface area contributed by atoms with Crippen LogP contribution in [0.5, 0.6) is 0 Å². The molecule has 0 bridgehead atoms. The zero-order valence-electron chi connectivity index (χ0n) is 11.5. The maximum Gasteiger partial charge on any atom is 0.482 e. The normalized spacial score (nSPS) is 15.4. The second-order valence-electron chi connectivity index (χ2n) is 3.83. The number of nitrogens with one attached hydrogen (secondary N) is 1. The third kappa shape index (κ3) is 9.03. The SMILES string of the molecule is Cc1cn[nH]c1C.O=C(O)C(CO)OP(=O)(O)OP(=O)(O)O. The standard InChI is InChI=1S/C5H8N2.C3H8O10P2/c1-4-3-6-7-5(4)2;4-1-2(3(5)6)12-15(10,11)13-14(7,8)9/h3H,1-2H3,(H,6,7);2,4H,1H2,(H,5,6)(H,10,11)(H2,7,8,9). The minimum atomic E-state index is -5.30. The van der Waals surface area contributed by atoms with Gasteiger partial charge in [-0.2, -0.15) is 9.41 Å². The molecule has 1 rings (SSSR count). The van der Waals surface area contributed by atoms with Crippen LogP contribution in [0, 0.1) is 13.8 Å². The first-order chi connectivity index (χ1) is 9.88. The molecule has 22 heavy (non-hydrogen) atoms. The fourth-order valence-corrected chi connectivity index (χ4v) is 2.59. The van der Waals surface area contributed by atoms with E-state index in [4.69, 9.17) is 24.9 Å². The Labute approximate surface area is 124 Å². The van der Waals surface area contributed by atoms with Gasteiger partial charge in [0.15, 0.2) is 6.10 Å². The summed E-state index contributed by atoms with van der Waals surface area (Å²) < 4.78 is 27.9. The summed E-state index contributed by atoms with van der Waals surface area (Å²) in [4.78, 5) is 35.1. The highest BCUT2D eigenvalue weighted by atomic mass is 31.3. The fraction of sp³-hybridized carbons (Fsp3) is 0.500. The van der Waals surface area contributed by atoms with E-state index in [0.29, 0.717) is 0 Å². The quantitative estimate of drug-likeness (QED) is 0.362. The molecule has 0 aliphatic rings. The Kier molecular flexibility index (Phi) is 8.09. The van der Waals surface area contributed by atoms with Gasteiger partial charge in [0.05, 0.1) is 12.8 Å². The summed E-state index contributed by atoms with van der Waals surface area (Å²) >= 11 is 0. The van der Waals surface area contributed by atoms with Crippen LogP contribution >= 0.6 is 15.6 Å². The third-order valence-corrected chi connectivity index (χ3v) is 4.19. The van der Waals surface area contributed by atoms with Crippen LogP contribution in [0.25, 0.3) is 0 Å². The van der Waals surface area contributed by atoms with Crippen molar-refractivity contribution in [1.29, 1.82) is 0 Å². The number of rotatable bonds is 6. The van der Waals surface area contributed by atoms with Crippen molar-refractivity contribution in [2.75, 3.05) is 6.61 Å². The maximum atomic E-state index is 10.7. The van der Waals surface area contributed by atoms with Crippen LogP contribution < -0.4 is 0 Å². The van der Waals surface area contributed by atoms with Gasteiger partial charge in [0.25, 0.3) is 0 Å². The summed E-state index contributed by atoms with van der Waals surface area (Å²) in [6, 6.07) is 0. The van der Waals surface area contributed by atoms with Crippen molar-refractivity contribution in [3.05, 3.63) is 17.5 Å². The van der Waals surface area contributed by atoms with Gasteiger partial charge < -0.3 is 24.9 Å². The van der Waals surface area contributed by atoms with Gasteiger partial charge in [0, 0.05) is 5.69 Å². The molecule has 0 radical (unpaired) electrons. The van der Waals surface area contributed by atoms with Gasteiger partial charge in [-0.1, -0.05) is 0 Å². The number of hydrogen-bond donors (Lipinski definition) is 6. The van der Waals surface area contributed by atoms with E-state index in [9.17, 15) is 13.9 Å². The van der Waals surface area contributed by atoms with Crippen LogP contribution in [-0.4, -0.2) is 53.8 Å². The molecule has 1 aromatic heterocycles. The Morgan fingerprint density at radius 1 is 1.36 bits per heavy atom. The van der Waals surface area contributed by atoms with Gasteiger partial charge >= 0.3 is 21.6 Å². The average Bonchev–Trinajstić information content (AvgIpc) is 2.68. The highest BCUT2D eigenvalue weighted by molar-refractivity contribution is 7.60. The highest BCUT2D eigenvalue weighted by Crippen LogP contribution is 2.58. The minimum Gasteiger partial charge on any atom is -0.479 e. The molecule has 2 unspecified atom stereocenters. The Balaban J connectivity index is 0.000000518. The van der Waals surface area contributed by atoms with Crippen molar-refractivity contribution < 1.29 is 47.7 Å². The van der Waals surface area contributed by atoms with E-state index in [1.807, 2.05) is 20.0 Å². The summed E-state index contributed by atoms with van der Waals surface area (Å²) in [5.41, 5.74) is 2.38. The van der Waals surface area contributed by atoms with Crippen molar-refractivity contribution in [3.63, 3.8) is 0 Å². The van der Waals surface area contributed by atoms with Gasteiger partial charge in [-0.15, -0.1) is 0 Å². The van der Waals surface area contributed by atoms with Crippen molar-refractivity contribution in [2.45, 2.75) is 20.0 Å². The van der Waals surface area contributed by atoms with Gasteiger partial charge in [0.2, 0.25) is 0 Å². The van der Waals surface area contributed by atoms with E-state index in [2.05, 4.69) is 19.0 Å². The first kappa shape index (κ1) is 20.9. The largest absolute Gasteiger partial charge is 0.482 e. The monoisotopic (exact) mass is 362 g/mol. The van der Waals surface area contributed by atoms with Crippen LogP contribution in [-0.2, 0) is 22.8 Å². The number of aliphatic hydroxyl groups excluding tert-OH is 1. The number of carbonyl (C=O) groups is 1. The lowest BCUT2D eigenvalue weighted by molar-refractivity contribution is -0.147. The summed E-state index contributed by atoms with van der Waals surface area (Å²) in [6.07, 6.45) is -0.303. The lowest BCUT2D eigenvalue weighted by Gasteiger charge is -2.15. The molecule has 0 aliphatic carbocycles. The van der Waals surface area contributed by atoms with Gasteiger partial charge in [-0.3, -0.25) is 9.62 Å². The molecule has 12 nitrogen and oxygen atoms in total. The molecular formula is C8H16N2O10P2. The summed E-state index contributed by atoms with van der Waals surface area (Å²) in [5, 5.41) is 23.3. The topological polar surface area (TPSA) is 199 Å². The first-order valence-corrected chi connectivity index (χ1v) is 8.49. The number of hydrogen-bond acceptors (Lipinski definition) is 7. The Bertz CT molecular complexity index is 565. The second-order valence-corrected chi connectivity index (χ2v) is 6.62. The van der Waals surface area contributed by atoms with E-state index in [1.165, 1.54) is 5.56 Å². The number of aryl methyl sites for hydroxylation is 2. The smallest absolute Gasteiger partial charge is 0.479 e. The molecule has 1 aromatic rings. The summed E-state index contributed by atoms with van der Waals surface area (Å²) in [7, 11) is -10.5. The third-order valence-electron chi connectivity index (χ3n) is 1.99. The molecule has 2 atom stereocenters. The Morgan fingerprint density at radius 3 is 2.14 bits per heavy atom. The fourth-order valence-electron chi connectivity index (χ4n) is 0.882. The molecule has 6 N–H and O–H groups in total. The molecule has 1 heterocycles. The molecule has 0 aliphatic heterocycles. The molecule has 128 valence electrons. The van der Waals surface area contributed by atoms with Crippen molar-refractivity contribution in [3.8, 4) is 0 Å². The number of aliphatic hydroxyl groups is 1. The van der Waals surface area contributed by atoms with Gasteiger partial charge in [-0.05, 0) is 19.4 Å². The number of H-pyrrole nitrogens is 1. The lowest BCUT2D eigenvalue weighted by Crippen LogP contribution is -2.26. The van der Waals surface area contributed by atoms with E-state index >= 15 is 0 Å². The molecular weight excluding hydrogens is 346 g/mol. The maximum absolute atomic E-state index is 10.7. The molecule has 0 saturated carbocycles. The molecule has 0 aromatic carbocycles. The van der Waals surface area contributed by atoms with Gasteiger partial charge in [-0.25, -0.2) is 13.9 Å². The Hall–Kier alpha value is -1.10. The van der Waals surface area contributed by atoms with Crippen LogP contribution in [0.4, 0.5) is 0 Å². The zero-order chi connectivity index (χ0) is 17.6. The van der Waals surface area contributed by atoms with Crippen molar-refractivity contribution >= 4 is 21.6 Å². The second kappa shape index (κ2) is 8.51. The number of aliphatic carboxylic acids is 1. The molecule has 0 fully saturated rings. The number of phosphoric acid groups is 2. The number of carboxylic acid groups (broad SMARTS) is 1. The number of aromatic amines is 1. The van der Waals surface area contributed by atoms with E-state index in [-0.39, 0.29) is 0 Å². The van der Waals surface area contributed by atoms with Crippen LogP contribution in [0.3, 0.4) is 0 Å². The molecule has 0 amide bonds. The van der Waals surface area contributed by atoms with Crippen LogP contribution in [0.15, 0.2) is 6.20 Å². The van der Waals surface area contributed by atoms with E-state index in [0.717, 1.165) is 5.69 Å². The molecule has 14 heteroatoms. The summed E-state index contributed by atoms with van der Waals surface area (Å²) in [6.45, 7) is 2.87. The number of carboxylic acids is 1. The summed E-state index contributed by atoms with van der Waals surface area (Å²) in [5.74, 6) is -1.79. The zero-order valence-corrected chi connectivity index (χ0v) is 13.3. The lowest BCUT2D eigenvalue weighted by atomic mass is 10.3. The van der Waals surface area contributed by atoms with E-state index < -0.39 is 34.3 Å². The molecule has 0 spiro atoms. The first-order valence-electron chi connectivity index (χ1n) is 5.46. The van der Waals surface area contributed by atoms with Crippen LogP contribution in [0.2, 0.25) is 0 Å². The van der Waals surface area contributed by atoms with Crippen LogP contribution in [0.1, 0.15) is 11.3 Å². The number of aromatic nitrogens is 2. The predicted octanol–water partition coefficient (Wildman–Crippen LogP) is -0.315. The Morgan fingerprint density at radius 2 is 1.91 bits per heavy atom. The van der Waals surface area contributed by atoms with Gasteiger partial charge in [0.1, 0.15) is 0 Å². The minimum absolute atomic E-state index is 1.15. The molecule has 0 saturated heterocycles. The predicted molar refractivity (Wildman–Crippen MR) is 70.6 cm³/mol. The number of phosphoric ester groups is 1. The highest BCUT2D eigenvalue weighted by Gasteiger charge is 2.37. The van der Waals surface area contributed by atoms with Crippen molar-refractivity contribution in [2.24, 2.45) is 0 Å². The van der Waals surface area contributed by atoms with Crippen molar-refractivity contribution in [1.82, 2.24) is 10.2 Å². The van der Waals surface area contributed by atoms with E-state index in [1.54, 1.807) is 0 Å². The number of nitrogens with zero attached hydrogens (tertiary/aromatic N) is 1. The average molecular weight is 362 g/mol.